The van der Waals surface area contributed by atoms with E-state index in [-0.39, 0.29) is 12.2 Å². The summed E-state index contributed by atoms with van der Waals surface area (Å²) in [7, 11) is 1.40. The van der Waals surface area contributed by atoms with Gasteiger partial charge in [-0.05, 0) is 74.3 Å². The molecule has 0 saturated heterocycles. The van der Waals surface area contributed by atoms with E-state index in [0.29, 0.717) is 10.6 Å². The van der Waals surface area contributed by atoms with Crippen LogP contribution in [0.3, 0.4) is 0 Å². The fourth-order valence-electron chi connectivity index (χ4n) is 4.23. The summed E-state index contributed by atoms with van der Waals surface area (Å²) in [4.78, 5) is 21.9. The molecule has 168 valence electrons. The molecular weight excluding hydrogens is 427 g/mol. The number of hydrogen-bond donors (Lipinski definition) is 1. The molecule has 1 atom stereocenters. The van der Waals surface area contributed by atoms with Gasteiger partial charge in [-0.2, -0.15) is 0 Å². The summed E-state index contributed by atoms with van der Waals surface area (Å²) >= 11 is 1.50. The van der Waals surface area contributed by atoms with Gasteiger partial charge in [-0.3, -0.25) is 9.78 Å². The summed E-state index contributed by atoms with van der Waals surface area (Å²) in [5.41, 5.74) is 4.38. The molecule has 0 bridgehead atoms. The minimum Gasteiger partial charge on any atom is -0.494 e. The number of carboxylic acid groups (broad SMARTS) is 1. The molecule has 32 heavy (non-hydrogen) atoms. The van der Waals surface area contributed by atoms with E-state index in [1.54, 1.807) is 6.07 Å². The van der Waals surface area contributed by atoms with E-state index < -0.39 is 17.7 Å². The van der Waals surface area contributed by atoms with Crippen LogP contribution in [-0.2, 0) is 30.5 Å². The van der Waals surface area contributed by atoms with Gasteiger partial charge < -0.3 is 9.84 Å². The van der Waals surface area contributed by atoms with Crippen molar-refractivity contribution in [2.24, 2.45) is 0 Å². The standard InChI is InChI=1S/C25H27FN2O3S/c1-31-23-12-10-17(13-21(23)26)20(14-24(29)30)25-27-15-19(32-25)7-4-6-18-11-9-16-5-2-3-8-22(16)28-18/h9-13,15,20H,2-8,14H2,1H3,(H,29,30). The van der Waals surface area contributed by atoms with Crippen molar-refractivity contribution in [1.29, 1.82) is 0 Å². The van der Waals surface area contributed by atoms with Crippen LogP contribution in [0, 0.1) is 5.82 Å². The van der Waals surface area contributed by atoms with Gasteiger partial charge in [0.1, 0.15) is 5.01 Å². The van der Waals surface area contributed by atoms with Crippen molar-refractivity contribution in [3.8, 4) is 5.75 Å². The zero-order valence-electron chi connectivity index (χ0n) is 18.1. The second-order valence-corrected chi connectivity index (χ2v) is 9.33. The third-order valence-corrected chi connectivity index (χ3v) is 7.09. The van der Waals surface area contributed by atoms with Crippen LogP contribution in [0.4, 0.5) is 4.39 Å². The average molecular weight is 455 g/mol. The number of rotatable bonds is 9. The molecule has 1 aromatic carbocycles. The molecule has 1 unspecified atom stereocenters. The zero-order valence-corrected chi connectivity index (χ0v) is 19.0. The topological polar surface area (TPSA) is 72.3 Å². The van der Waals surface area contributed by atoms with E-state index in [2.05, 4.69) is 17.1 Å². The van der Waals surface area contributed by atoms with Gasteiger partial charge in [-0.15, -0.1) is 11.3 Å². The Kier molecular flexibility index (Phi) is 7.15. The molecular formula is C25H27FN2O3S. The molecule has 3 aromatic rings. The number of carboxylic acids is 1. The van der Waals surface area contributed by atoms with E-state index in [4.69, 9.17) is 9.72 Å². The monoisotopic (exact) mass is 454 g/mol. The number of methoxy groups -OCH3 is 1. The van der Waals surface area contributed by atoms with Crippen LogP contribution in [0.5, 0.6) is 5.75 Å². The van der Waals surface area contributed by atoms with E-state index >= 15 is 0 Å². The Morgan fingerprint density at radius 3 is 2.84 bits per heavy atom. The van der Waals surface area contributed by atoms with E-state index in [9.17, 15) is 14.3 Å². The van der Waals surface area contributed by atoms with Gasteiger partial charge in [-0.25, -0.2) is 9.37 Å². The molecule has 0 aliphatic heterocycles. The highest BCUT2D eigenvalue weighted by atomic mass is 32.1. The zero-order chi connectivity index (χ0) is 22.5. The number of aliphatic carboxylic acids is 1. The summed E-state index contributed by atoms with van der Waals surface area (Å²) in [6, 6.07) is 8.95. The molecule has 0 radical (unpaired) electrons. The molecule has 1 aliphatic carbocycles. The van der Waals surface area contributed by atoms with Crippen molar-refractivity contribution in [3.05, 3.63) is 74.7 Å². The molecule has 1 N–H and O–H groups in total. The van der Waals surface area contributed by atoms with Crippen LogP contribution >= 0.6 is 11.3 Å². The fourth-order valence-corrected chi connectivity index (χ4v) is 5.32. The normalized spacial score (nSPS) is 14.1. The molecule has 0 spiro atoms. The van der Waals surface area contributed by atoms with Gasteiger partial charge >= 0.3 is 5.97 Å². The van der Waals surface area contributed by atoms with Crippen LogP contribution < -0.4 is 4.74 Å². The van der Waals surface area contributed by atoms with Crippen molar-refractivity contribution < 1.29 is 19.0 Å². The molecule has 0 saturated carbocycles. The Morgan fingerprint density at radius 1 is 1.22 bits per heavy atom. The molecule has 0 amide bonds. The van der Waals surface area contributed by atoms with E-state index in [1.165, 1.54) is 54.7 Å². The largest absolute Gasteiger partial charge is 0.494 e. The van der Waals surface area contributed by atoms with Gasteiger partial charge in [-0.1, -0.05) is 12.1 Å². The first-order valence-electron chi connectivity index (χ1n) is 11.0. The number of thiazole rings is 1. The molecule has 5 nitrogen and oxygen atoms in total. The molecule has 7 heteroatoms. The first kappa shape index (κ1) is 22.4. The van der Waals surface area contributed by atoms with Gasteiger partial charge in [0.05, 0.1) is 13.5 Å². The fraction of sp³-hybridized carbons (Fsp3) is 0.400. The predicted molar refractivity (Wildman–Crippen MR) is 122 cm³/mol. The molecule has 1 aliphatic rings. The lowest BCUT2D eigenvalue weighted by atomic mass is 9.95. The summed E-state index contributed by atoms with van der Waals surface area (Å²) < 4.78 is 19.2. The third-order valence-electron chi connectivity index (χ3n) is 5.92. The highest BCUT2D eigenvalue weighted by molar-refractivity contribution is 7.11. The Morgan fingerprint density at radius 2 is 2.06 bits per heavy atom. The van der Waals surface area contributed by atoms with Crippen molar-refractivity contribution >= 4 is 17.3 Å². The summed E-state index contributed by atoms with van der Waals surface area (Å²) in [6.45, 7) is 0. The maximum absolute atomic E-state index is 14.2. The van der Waals surface area contributed by atoms with Crippen LogP contribution in [0.15, 0.2) is 36.5 Å². The molecule has 2 aromatic heterocycles. The first-order valence-corrected chi connectivity index (χ1v) is 11.8. The van der Waals surface area contributed by atoms with Crippen molar-refractivity contribution in [2.75, 3.05) is 7.11 Å². The Balaban J connectivity index is 1.42. The van der Waals surface area contributed by atoms with Crippen molar-refractivity contribution in [1.82, 2.24) is 9.97 Å². The van der Waals surface area contributed by atoms with Gasteiger partial charge in [0.2, 0.25) is 0 Å². The lowest BCUT2D eigenvalue weighted by Crippen LogP contribution is -2.08. The van der Waals surface area contributed by atoms with Crippen LogP contribution in [0.2, 0.25) is 0 Å². The highest BCUT2D eigenvalue weighted by Gasteiger charge is 2.23. The lowest BCUT2D eigenvalue weighted by molar-refractivity contribution is -0.137. The van der Waals surface area contributed by atoms with Crippen molar-refractivity contribution in [3.63, 3.8) is 0 Å². The SMILES string of the molecule is COc1ccc(C(CC(=O)O)c2ncc(CCCc3ccc4c(n3)CCCC4)s2)cc1F. The van der Waals surface area contributed by atoms with E-state index in [0.717, 1.165) is 42.7 Å². The Labute approximate surface area is 191 Å². The quantitative estimate of drug-likeness (QED) is 0.472. The smallest absolute Gasteiger partial charge is 0.304 e. The molecule has 0 fully saturated rings. The minimum atomic E-state index is -0.943. The number of fused-ring (bicyclic) bond motifs is 1. The second-order valence-electron chi connectivity index (χ2n) is 8.18. The number of halogens is 1. The maximum atomic E-state index is 14.2. The number of benzene rings is 1. The number of pyridine rings is 1. The maximum Gasteiger partial charge on any atom is 0.304 e. The number of aryl methyl sites for hydroxylation is 4. The summed E-state index contributed by atoms with van der Waals surface area (Å²) in [5.74, 6) is -1.80. The van der Waals surface area contributed by atoms with Crippen LogP contribution in [0.25, 0.3) is 0 Å². The number of carbonyl (C=O) groups is 1. The van der Waals surface area contributed by atoms with Crippen molar-refractivity contribution in [2.45, 2.75) is 57.3 Å². The van der Waals surface area contributed by atoms with Gasteiger partial charge in [0, 0.05) is 28.4 Å². The summed E-state index contributed by atoms with van der Waals surface area (Å²) in [5, 5.41) is 10.1. The highest BCUT2D eigenvalue weighted by Crippen LogP contribution is 2.33. The van der Waals surface area contributed by atoms with Crippen LogP contribution in [0.1, 0.15) is 64.0 Å². The second kappa shape index (κ2) is 10.2. The third kappa shape index (κ3) is 5.33. The van der Waals surface area contributed by atoms with E-state index in [1.807, 2.05) is 6.20 Å². The molecule has 2 heterocycles. The van der Waals surface area contributed by atoms with Gasteiger partial charge in [0.25, 0.3) is 0 Å². The minimum absolute atomic E-state index is 0.137. The van der Waals surface area contributed by atoms with Crippen LogP contribution in [-0.4, -0.2) is 28.2 Å². The Hall–Kier alpha value is -2.80. The number of ether oxygens (including phenoxy) is 1. The number of hydrogen-bond acceptors (Lipinski definition) is 5. The van der Waals surface area contributed by atoms with Gasteiger partial charge in [0.15, 0.2) is 11.6 Å². The predicted octanol–water partition coefficient (Wildman–Crippen LogP) is 5.35. The Bertz CT molecular complexity index is 1100. The first-order chi connectivity index (χ1) is 15.5. The number of nitrogens with zero attached hydrogens (tertiary/aromatic N) is 2. The summed E-state index contributed by atoms with van der Waals surface area (Å²) in [6.07, 6.45) is 9.09. The number of aromatic nitrogens is 2. The lowest BCUT2D eigenvalue weighted by Gasteiger charge is -2.15. The average Bonchev–Trinajstić information content (AvgIpc) is 3.26. The molecule has 4 rings (SSSR count).